The molecule has 2 aromatic carbocycles. The smallest absolute Gasteiger partial charge is 0.320 e. The van der Waals surface area contributed by atoms with Crippen LogP contribution in [-0.2, 0) is 11.3 Å². The normalized spacial score (nSPS) is 25.0. The number of likely N-dealkylation sites (tertiary alicyclic amines) is 1. The monoisotopic (exact) mass is 339 g/mol. The third-order valence-electron chi connectivity index (χ3n) is 5.77. The van der Waals surface area contributed by atoms with Crippen LogP contribution in [0.2, 0.25) is 0 Å². The van der Waals surface area contributed by atoms with Crippen molar-refractivity contribution in [3.8, 4) is 0 Å². The Hall–Kier alpha value is -2.20. The number of carboxylic acid groups (broad SMARTS) is 1. The van der Waals surface area contributed by atoms with Gasteiger partial charge in [0.15, 0.2) is 0 Å². The molecule has 1 saturated carbocycles. The molecule has 1 aliphatic carbocycles. The maximum atomic E-state index is 14.3. The summed E-state index contributed by atoms with van der Waals surface area (Å²) < 4.78 is 14.3. The van der Waals surface area contributed by atoms with Crippen molar-refractivity contribution >= 4 is 5.97 Å². The number of aliphatic carboxylic acids is 1. The lowest BCUT2D eigenvalue weighted by Gasteiger charge is -2.44. The highest BCUT2D eigenvalue weighted by Crippen LogP contribution is 2.55. The van der Waals surface area contributed by atoms with E-state index in [9.17, 15) is 14.3 Å². The van der Waals surface area contributed by atoms with Crippen LogP contribution in [0.5, 0.6) is 0 Å². The molecule has 2 aliphatic rings. The predicted molar refractivity (Wildman–Crippen MR) is 93.7 cm³/mol. The fraction of sp³-hybridized carbons (Fsp3) is 0.381. The standard InChI is InChI=1S/C21H22FNO2/c22-18-9-5-4-8-17(18)16-12-19(20(24)25)23(21(13-16)10-11-21)14-15-6-2-1-3-7-15/h1-9,16,19H,10-14H2,(H,24,25)/t16?,19-/m1/s1. The quantitative estimate of drug-likeness (QED) is 0.908. The Labute approximate surface area is 147 Å². The van der Waals surface area contributed by atoms with Gasteiger partial charge < -0.3 is 5.11 Å². The van der Waals surface area contributed by atoms with E-state index in [0.717, 1.165) is 24.8 Å². The first kappa shape index (κ1) is 16.3. The number of rotatable bonds is 4. The van der Waals surface area contributed by atoms with E-state index < -0.39 is 12.0 Å². The summed E-state index contributed by atoms with van der Waals surface area (Å²) in [6.07, 6.45) is 3.29. The zero-order valence-electron chi connectivity index (χ0n) is 14.1. The first-order valence-electron chi connectivity index (χ1n) is 8.87. The van der Waals surface area contributed by atoms with Crippen LogP contribution in [0, 0.1) is 5.82 Å². The van der Waals surface area contributed by atoms with Crippen LogP contribution < -0.4 is 0 Å². The van der Waals surface area contributed by atoms with Crippen molar-refractivity contribution in [3.63, 3.8) is 0 Å². The third kappa shape index (κ3) is 3.07. The molecule has 1 heterocycles. The fourth-order valence-electron chi connectivity index (χ4n) is 4.36. The summed E-state index contributed by atoms with van der Waals surface area (Å²) in [7, 11) is 0. The van der Waals surface area contributed by atoms with E-state index in [1.54, 1.807) is 6.07 Å². The van der Waals surface area contributed by atoms with Gasteiger partial charge >= 0.3 is 5.97 Å². The van der Waals surface area contributed by atoms with Gasteiger partial charge in [-0.15, -0.1) is 0 Å². The van der Waals surface area contributed by atoms with Gasteiger partial charge in [0.2, 0.25) is 0 Å². The van der Waals surface area contributed by atoms with E-state index in [0.29, 0.717) is 18.5 Å². The van der Waals surface area contributed by atoms with Crippen molar-refractivity contribution < 1.29 is 14.3 Å². The molecule has 25 heavy (non-hydrogen) atoms. The van der Waals surface area contributed by atoms with Gasteiger partial charge in [0, 0.05) is 12.1 Å². The molecule has 1 N–H and O–H groups in total. The molecule has 2 fully saturated rings. The highest BCUT2D eigenvalue weighted by molar-refractivity contribution is 5.74. The first-order valence-corrected chi connectivity index (χ1v) is 8.87. The highest BCUT2D eigenvalue weighted by Gasteiger charge is 2.56. The maximum absolute atomic E-state index is 14.3. The summed E-state index contributed by atoms with van der Waals surface area (Å²) in [6, 6.07) is 16.2. The van der Waals surface area contributed by atoms with Crippen LogP contribution in [0.25, 0.3) is 0 Å². The highest BCUT2D eigenvalue weighted by atomic mass is 19.1. The molecule has 4 rings (SSSR count). The van der Waals surface area contributed by atoms with Crippen LogP contribution in [0.1, 0.15) is 42.7 Å². The minimum absolute atomic E-state index is 0.0307. The van der Waals surface area contributed by atoms with Crippen molar-refractivity contribution in [1.29, 1.82) is 0 Å². The molecular formula is C21H22FNO2. The van der Waals surface area contributed by atoms with Crippen LogP contribution in [0.4, 0.5) is 4.39 Å². The maximum Gasteiger partial charge on any atom is 0.320 e. The topological polar surface area (TPSA) is 40.5 Å². The second-order valence-corrected chi connectivity index (χ2v) is 7.35. The average molecular weight is 339 g/mol. The van der Waals surface area contributed by atoms with E-state index in [-0.39, 0.29) is 17.3 Å². The van der Waals surface area contributed by atoms with Crippen molar-refractivity contribution in [2.75, 3.05) is 0 Å². The van der Waals surface area contributed by atoms with Gasteiger partial charge in [-0.1, -0.05) is 48.5 Å². The van der Waals surface area contributed by atoms with Crippen LogP contribution in [-0.4, -0.2) is 27.6 Å². The minimum atomic E-state index is -0.803. The first-order chi connectivity index (χ1) is 12.1. The van der Waals surface area contributed by atoms with E-state index >= 15 is 0 Å². The molecular weight excluding hydrogens is 317 g/mol. The molecule has 0 amide bonds. The molecule has 1 aliphatic heterocycles. The van der Waals surface area contributed by atoms with Gasteiger partial charge in [-0.25, -0.2) is 4.39 Å². The summed E-state index contributed by atoms with van der Waals surface area (Å²) in [5.74, 6) is -1.05. The number of halogens is 1. The molecule has 130 valence electrons. The Morgan fingerprint density at radius 3 is 2.44 bits per heavy atom. The molecule has 4 heteroatoms. The zero-order chi connectivity index (χ0) is 17.4. The van der Waals surface area contributed by atoms with Crippen LogP contribution in [0.3, 0.4) is 0 Å². The van der Waals surface area contributed by atoms with Crippen LogP contribution in [0.15, 0.2) is 54.6 Å². The van der Waals surface area contributed by atoms with Crippen molar-refractivity contribution in [3.05, 3.63) is 71.5 Å². The SMILES string of the molecule is O=C(O)[C@H]1CC(c2ccccc2F)CC2(CC2)N1Cc1ccccc1. The van der Waals surface area contributed by atoms with Crippen molar-refractivity contribution in [2.45, 2.75) is 49.7 Å². The number of hydrogen-bond donors (Lipinski definition) is 1. The van der Waals surface area contributed by atoms with E-state index in [4.69, 9.17) is 0 Å². The largest absolute Gasteiger partial charge is 0.480 e. The van der Waals surface area contributed by atoms with Gasteiger partial charge in [-0.3, -0.25) is 9.69 Å². The van der Waals surface area contributed by atoms with Gasteiger partial charge in [-0.2, -0.15) is 0 Å². The van der Waals surface area contributed by atoms with Gasteiger partial charge in [-0.05, 0) is 48.8 Å². The summed E-state index contributed by atoms with van der Waals surface area (Å²) in [6.45, 7) is 0.641. The molecule has 1 saturated heterocycles. The number of nitrogens with zero attached hydrogens (tertiary/aromatic N) is 1. The molecule has 1 spiro atoms. The minimum Gasteiger partial charge on any atom is -0.480 e. The summed E-state index contributed by atoms with van der Waals surface area (Å²) >= 11 is 0. The lowest BCUT2D eigenvalue weighted by Crippen LogP contribution is -2.53. The van der Waals surface area contributed by atoms with Gasteiger partial charge in [0.25, 0.3) is 0 Å². The Bertz CT molecular complexity index is 772. The number of carboxylic acids is 1. The van der Waals surface area contributed by atoms with Gasteiger partial charge in [0.1, 0.15) is 11.9 Å². The number of carbonyl (C=O) groups is 1. The fourth-order valence-corrected chi connectivity index (χ4v) is 4.36. The van der Waals surface area contributed by atoms with Gasteiger partial charge in [0.05, 0.1) is 0 Å². The molecule has 3 nitrogen and oxygen atoms in total. The summed E-state index contributed by atoms with van der Waals surface area (Å²) in [5, 5.41) is 9.85. The molecule has 0 bridgehead atoms. The zero-order valence-corrected chi connectivity index (χ0v) is 14.1. The average Bonchev–Trinajstić information content (AvgIpc) is 3.38. The Kier molecular flexibility index (Phi) is 4.08. The second kappa shape index (κ2) is 6.26. The molecule has 2 aromatic rings. The van der Waals surface area contributed by atoms with E-state index in [1.165, 1.54) is 6.07 Å². The number of piperidine rings is 1. The molecule has 2 atom stereocenters. The van der Waals surface area contributed by atoms with E-state index in [2.05, 4.69) is 4.90 Å². The lowest BCUT2D eigenvalue weighted by molar-refractivity contribution is -0.147. The Balaban J connectivity index is 1.64. The Morgan fingerprint density at radius 2 is 1.80 bits per heavy atom. The Morgan fingerprint density at radius 1 is 1.12 bits per heavy atom. The number of benzene rings is 2. The summed E-state index contributed by atoms with van der Waals surface area (Å²) in [5.41, 5.74) is 1.70. The van der Waals surface area contributed by atoms with Crippen molar-refractivity contribution in [1.82, 2.24) is 4.90 Å². The van der Waals surface area contributed by atoms with Crippen LogP contribution >= 0.6 is 0 Å². The van der Waals surface area contributed by atoms with E-state index in [1.807, 2.05) is 42.5 Å². The second-order valence-electron chi connectivity index (χ2n) is 7.35. The number of hydrogen-bond acceptors (Lipinski definition) is 2. The predicted octanol–water partition coefficient (Wildman–Crippen LogP) is 4.19. The summed E-state index contributed by atoms with van der Waals surface area (Å²) in [4.78, 5) is 14.2. The molecule has 1 unspecified atom stereocenters. The molecule has 0 radical (unpaired) electrons. The third-order valence-corrected chi connectivity index (χ3v) is 5.77. The molecule has 0 aromatic heterocycles. The van der Waals surface area contributed by atoms with Crippen molar-refractivity contribution in [2.24, 2.45) is 0 Å². The lowest BCUT2D eigenvalue weighted by atomic mass is 9.79.